The minimum Gasteiger partial charge on any atom is -0.309 e. The van der Waals surface area contributed by atoms with E-state index in [4.69, 9.17) is 0 Å². The first-order valence-corrected chi connectivity index (χ1v) is 9.28. The molecule has 2 unspecified atom stereocenters. The Morgan fingerprint density at radius 1 is 0.850 bits per heavy atom. The topological polar surface area (TPSA) is 15.3 Å². The first-order valence-electron chi connectivity index (χ1n) is 9.28. The van der Waals surface area contributed by atoms with Crippen LogP contribution in [0, 0.1) is 23.7 Å². The molecular formula is C18H30N2. The fourth-order valence-corrected chi connectivity index (χ4v) is 6.56. The molecule has 6 fully saturated rings. The third-order valence-corrected chi connectivity index (χ3v) is 7.29. The normalized spacial score (nSPS) is 54.8. The van der Waals surface area contributed by atoms with Gasteiger partial charge in [-0.2, -0.15) is 0 Å². The number of hydrogen-bond acceptors (Lipinski definition) is 2. The summed E-state index contributed by atoms with van der Waals surface area (Å²) in [5.74, 6) is 4.30. The van der Waals surface area contributed by atoms with E-state index in [1.165, 1.54) is 25.8 Å². The van der Waals surface area contributed by atoms with E-state index < -0.39 is 0 Å². The summed E-state index contributed by atoms with van der Waals surface area (Å²) >= 11 is 0. The summed E-state index contributed by atoms with van der Waals surface area (Å²) in [4.78, 5) is 2.80. The van der Waals surface area contributed by atoms with Gasteiger partial charge in [0.15, 0.2) is 0 Å². The third kappa shape index (κ3) is 1.98. The molecule has 4 bridgehead atoms. The van der Waals surface area contributed by atoms with Crippen LogP contribution in [0.4, 0.5) is 0 Å². The molecule has 0 aromatic heterocycles. The molecular weight excluding hydrogens is 244 g/mol. The SMILES string of the molecule is CC1CC(NC2C3CC4CC(C3)CC2C4)CN1C1CC1. The molecule has 0 aromatic carbocycles. The average molecular weight is 274 g/mol. The number of likely N-dealkylation sites (tertiary alicyclic amines) is 1. The van der Waals surface area contributed by atoms with Gasteiger partial charge in [-0.05, 0) is 82.0 Å². The Morgan fingerprint density at radius 3 is 2.10 bits per heavy atom. The van der Waals surface area contributed by atoms with Crippen LogP contribution in [0.3, 0.4) is 0 Å². The highest BCUT2D eigenvalue weighted by molar-refractivity contribution is 5.04. The van der Waals surface area contributed by atoms with Crippen molar-refractivity contribution in [2.45, 2.75) is 82.5 Å². The fraction of sp³-hybridized carbons (Fsp3) is 1.00. The Kier molecular flexibility index (Phi) is 2.78. The molecule has 6 rings (SSSR count). The number of nitrogens with zero attached hydrogens (tertiary/aromatic N) is 1. The molecule has 6 aliphatic rings. The molecule has 2 heteroatoms. The lowest BCUT2D eigenvalue weighted by Gasteiger charge is -2.55. The van der Waals surface area contributed by atoms with Gasteiger partial charge in [-0.3, -0.25) is 4.90 Å². The molecule has 20 heavy (non-hydrogen) atoms. The number of nitrogens with one attached hydrogen (secondary N) is 1. The van der Waals surface area contributed by atoms with Crippen LogP contribution in [0.1, 0.15) is 58.3 Å². The maximum Gasteiger partial charge on any atom is 0.0212 e. The van der Waals surface area contributed by atoms with Crippen molar-refractivity contribution in [3.8, 4) is 0 Å². The first-order chi connectivity index (χ1) is 9.76. The van der Waals surface area contributed by atoms with Crippen molar-refractivity contribution in [1.82, 2.24) is 10.2 Å². The lowest BCUT2D eigenvalue weighted by molar-refractivity contribution is -0.0173. The quantitative estimate of drug-likeness (QED) is 0.851. The van der Waals surface area contributed by atoms with Crippen molar-refractivity contribution >= 4 is 0 Å². The molecule has 2 atom stereocenters. The molecule has 1 heterocycles. The van der Waals surface area contributed by atoms with Crippen LogP contribution in [0.2, 0.25) is 0 Å². The highest BCUT2D eigenvalue weighted by Gasteiger charge is 2.49. The standard InChI is InChI=1S/C18H30N2/c1-11-4-16(10-20(11)17-2-3-17)19-18-14-6-12-5-13(8-14)9-15(18)7-12/h11-19H,2-10H2,1H3. The zero-order valence-corrected chi connectivity index (χ0v) is 12.9. The van der Waals surface area contributed by atoms with Crippen LogP contribution in [0.5, 0.6) is 0 Å². The zero-order valence-electron chi connectivity index (χ0n) is 12.9. The molecule has 1 saturated heterocycles. The van der Waals surface area contributed by atoms with Gasteiger partial charge in [0, 0.05) is 30.7 Å². The largest absolute Gasteiger partial charge is 0.309 e. The highest BCUT2D eigenvalue weighted by atomic mass is 15.3. The summed E-state index contributed by atoms with van der Waals surface area (Å²) < 4.78 is 0. The molecule has 0 aromatic rings. The van der Waals surface area contributed by atoms with Crippen LogP contribution < -0.4 is 5.32 Å². The van der Waals surface area contributed by atoms with Gasteiger partial charge in [0.25, 0.3) is 0 Å². The van der Waals surface area contributed by atoms with Gasteiger partial charge >= 0.3 is 0 Å². The van der Waals surface area contributed by atoms with Gasteiger partial charge in [0.2, 0.25) is 0 Å². The van der Waals surface area contributed by atoms with Crippen molar-refractivity contribution in [2.75, 3.05) is 6.54 Å². The Hall–Kier alpha value is -0.0800. The Morgan fingerprint density at radius 2 is 1.50 bits per heavy atom. The molecule has 5 aliphatic carbocycles. The second-order valence-electron chi connectivity index (χ2n) is 8.83. The maximum absolute atomic E-state index is 4.16. The molecule has 0 amide bonds. The first kappa shape index (κ1) is 12.5. The van der Waals surface area contributed by atoms with Crippen LogP contribution >= 0.6 is 0 Å². The Bertz CT molecular complexity index is 361. The van der Waals surface area contributed by atoms with Gasteiger partial charge in [-0.25, -0.2) is 0 Å². The fourth-order valence-electron chi connectivity index (χ4n) is 6.56. The van der Waals surface area contributed by atoms with E-state index in [-0.39, 0.29) is 0 Å². The van der Waals surface area contributed by atoms with E-state index in [2.05, 4.69) is 17.1 Å². The third-order valence-electron chi connectivity index (χ3n) is 7.29. The predicted molar refractivity (Wildman–Crippen MR) is 81.6 cm³/mol. The van der Waals surface area contributed by atoms with E-state index in [0.717, 1.165) is 47.8 Å². The molecule has 112 valence electrons. The molecule has 1 aliphatic heterocycles. The van der Waals surface area contributed by atoms with Gasteiger partial charge in [0.05, 0.1) is 0 Å². The minimum absolute atomic E-state index is 0.799. The van der Waals surface area contributed by atoms with Crippen molar-refractivity contribution in [1.29, 1.82) is 0 Å². The summed E-state index contributed by atoms with van der Waals surface area (Å²) in [6.07, 6.45) is 12.1. The Balaban J connectivity index is 1.26. The van der Waals surface area contributed by atoms with E-state index in [1.54, 1.807) is 32.1 Å². The molecule has 0 spiro atoms. The average Bonchev–Trinajstić information content (AvgIpc) is 3.17. The zero-order chi connectivity index (χ0) is 13.3. The predicted octanol–water partition coefficient (Wildman–Crippen LogP) is 3.03. The highest BCUT2D eigenvalue weighted by Crippen LogP contribution is 2.54. The number of rotatable bonds is 3. The minimum atomic E-state index is 0.799. The molecule has 1 N–H and O–H groups in total. The summed E-state index contributed by atoms with van der Waals surface area (Å²) in [5, 5.41) is 4.16. The summed E-state index contributed by atoms with van der Waals surface area (Å²) in [7, 11) is 0. The monoisotopic (exact) mass is 274 g/mol. The maximum atomic E-state index is 4.16. The van der Waals surface area contributed by atoms with E-state index in [1.807, 2.05) is 0 Å². The van der Waals surface area contributed by atoms with Crippen molar-refractivity contribution in [2.24, 2.45) is 23.7 Å². The van der Waals surface area contributed by atoms with E-state index in [0.29, 0.717) is 0 Å². The van der Waals surface area contributed by atoms with Gasteiger partial charge in [0.1, 0.15) is 0 Å². The van der Waals surface area contributed by atoms with Gasteiger partial charge in [-0.15, -0.1) is 0 Å². The summed E-state index contributed by atoms with van der Waals surface area (Å²) in [5.41, 5.74) is 0. The van der Waals surface area contributed by atoms with Crippen LogP contribution in [-0.2, 0) is 0 Å². The van der Waals surface area contributed by atoms with E-state index in [9.17, 15) is 0 Å². The second-order valence-corrected chi connectivity index (χ2v) is 8.83. The Labute approximate surface area is 123 Å². The number of hydrogen-bond donors (Lipinski definition) is 1. The van der Waals surface area contributed by atoms with Crippen LogP contribution in [0.15, 0.2) is 0 Å². The smallest absolute Gasteiger partial charge is 0.0212 e. The molecule has 2 nitrogen and oxygen atoms in total. The van der Waals surface area contributed by atoms with Gasteiger partial charge < -0.3 is 5.32 Å². The van der Waals surface area contributed by atoms with Crippen LogP contribution in [0.25, 0.3) is 0 Å². The van der Waals surface area contributed by atoms with Crippen molar-refractivity contribution in [3.05, 3.63) is 0 Å². The van der Waals surface area contributed by atoms with Crippen LogP contribution in [-0.4, -0.2) is 35.6 Å². The van der Waals surface area contributed by atoms with E-state index >= 15 is 0 Å². The summed E-state index contributed by atoms with van der Waals surface area (Å²) in [6, 6.07) is 3.47. The lowest BCUT2D eigenvalue weighted by Crippen LogP contribution is -2.57. The molecule has 0 radical (unpaired) electrons. The second kappa shape index (κ2) is 4.46. The van der Waals surface area contributed by atoms with Crippen molar-refractivity contribution in [3.63, 3.8) is 0 Å². The summed E-state index contributed by atoms with van der Waals surface area (Å²) in [6.45, 7) is 3.80. The van der Waals surface area contributed by atoms with Gasteiger partial charge in [-0.1, -0.05) is 0 Å². The molecule has 5 saturated carbocycles. The van der Waals surface area contributed by atoms with Crippen molar-refractivity contribution < 1.29 is 0 Å². The lowest BCUT2D eigenvalue weighted by atomic mass is 9.54.